The monoisotopic (exact) mass is 385 g/mol. The van der Waals surface area contributed by atoms with Gasteiger partial charge >= 0.3 is 0 Å². The molecule has 2 nitrogen and oxygen atoms in total. The first-order valence-corrected chi connectivity index (χ1v) is 10.1. The van der Waals surface area contributed by atoms with E-state index in [9.17, 15) is 5.11 Å². The van der Waals surface area contributed by atoms with Crippen molar-refractivity contribution in [2.24, 2.45) is 4.99 Å². The Bertz CT molecular complexity index is 1050. The Labute approximate surface area is 174 Å². The number of fused-ring (bicyclic) bond motifs is 1. The van der Waals surface area contributed by atoms with Crippen molar-refractivity contribution in [2.45, 2.75) is 52.4 Å². The fraction of sp³-hybridized carbons (Fsp3) is 0.296. The summed E-state index contributed by atoms with van der Waals surface area (Å²) in [6, 6.07) is 18.5. The van der Waals surface area contributed by atoms with Crippen LogP contribution in [0.15, 0.2) is 66.2 Å². The van der Waals surface area contributed by atoms with Crippen LogP contribution in [0.25, 0.3) is 16.5 Å². The van der Waals surface area contributed by atoms with E-state index in [2.05, 4.69) is 77.4 Å². The van der Waals surface area contributed by atoms with E-state index < -0.39 is 0 Å². The number of phenolic OH excluding ortho intramolecular Hbond substituents is 1. The molecule has 0 bridgehead atoms. The zero-order valence-electron chi connectivity index (χ0n) is 18.4. The first-order valence-electron chi connectivity index (χ1n) is 10.1. The van der Waals surface area contributed by atoms with Gasteiger partial charge < -0.3 is 5.11 Å². The zero-order valence-corrected chi connectivity index (χ0v) is 18.4. The van der Waals surface area contributed by atoms with Crippen molar-refractivity contribution < 1.29 is 5.11 Å². The van der Waals surface area contributed by atoms with Crippen LogP contribution in [0.1, 0.15) is 63.8 Å². The van der Waals surface area contributed by atoms with Crippen LogP contribution >= 0.6 is 0 Å². The van der Waals surface area contributed by atoms with E-state index in [0.717, 1.165) is 33.3 Å². The van der Waals surface area contributed by atoms with Crippen molar-refractivity contribution >= 4 is 22.7 Å². The van der Waals surface area contributed by atoms with E-state index >= 15 is 0 Å². The number of hydrogen-bond acceptors (Lipinski definition) is 2. The minimum Gasteiger partial charge on any atom is -0.507 e. The average Bonchev–Trinajstić information content (AvgIpc) is 2.64. The average molecular weight is 386 g/mol. The lowest BCUT2D eigenvalue weighted by molar-refractivity contribution is 0.423. The van der Waals surface area contributed by atoms with Gasteiger partial charge in [0.25, 0.3) is 0 Å². The van der Waals surface area contributed by atoms with Gasteiger partial charge in [-0.15, -0.1) is 0 Å². The molecule has 0 saturated heterocycles. The molecule has 3 aromatic rings. The molecule has 0 spiro atoms. The van der Waals surface area contributed by atoms with Crippen LogP contribution in [-0.2, 0) is 10.8 Å². The molecule has 29 heavy (non-hydrogen) atoms. The van der Waals surface area contributed by atoms with Gasteiger partial charge in [0.05, 0.1) is 5.70 Å². The molecule has 0 aliphatic rings. The van der Waals surface area contributed by atoms with Crippen LogP contribution < -0.4 is 0 Å². The zero-order chi connectivity index (χ0) is 21.4. The second-order valence-electron chi connectivity index (χ2n) is 9.70. The van der Waals surface area contributed by atoms with Crippen LogP contribution in [0.4, 0.5) is 0 Å². The van der Waals surface area contributed by atoms with Crippen LogP contribution in [0.3, 0.4) is 0 Å². The van der Waals surface area contributed by atoms with Gasteiger partial charge in [-0.25, -0.2) is 0 Å². The molecule has 0 radical (unpaired) electrons. The smallest absolute Gasteiger partial charge is 0.123 e. The van der Waals surface area contributed by atoms with Gasteiger partial charge in [-0.2, -0.15) is 0 Å². The lowest BCUT2D eigenvalue weighted by Gasteiger charge is -2.27. The van der Waals surface area contributed by atoms with Crippen LogP contribution in [0.2, 0.25) is 0 Å². The quantitative estimate of drug-likeness (QED) is 0.474. The van der Waals surface area contributed by atoms with Crippen molar-refractivity contribution in [2.75, 3.05) is 0 Å². The van der Waals surface area contributed by atoms with Gasteiger partial charge in [-0.1, -0.05) is 90.6 Å². The minimum atomic E-state index is -0.166. The molecule has 3 aromatic carbocycles. The highest BCUT2D eigenvalue weighted by atomic mass is 16.3. The standard InChI is InChI=1S/C27H31NO/c1-18(21-14-10-12-20-11-8-9-13-22(20)21)28-17-19-15-23(26(2,3)4)25(29)24(16-19)27(5,6)7/h8-17,29H,1H2,2-7H3. The molecular formula is C27H31NO. The number of hydrogen-bond donors (Lipinski definition) is 1. The summed E-state index contributed by atoms with van der Waals surface area (Å²) in [6.45, 7) is 16.9. The lowest BCUT2D eigenvalue weighted by atomic mass is 9.78. The minimum absolute atomic E-state index is 0.166. The molecule has 0 saturated carbocycles. The molecule has 0 aromatic heterocycles. The SMILES string of the molecule is C=C(N=Cc1cc(C(C)(C)C)c(O)c(C(C)(C)C)c1)c1cccc2ccccc12. The molecule has 0 unspecified atom stereocenters. The Kier molecular flexibility index (Phi) is 5.40. The third kappa shape index (κ3) is 4.42. The van der Waals surface area contributed by atoms with E-state index in [1.54, 1.807) is 0 Å². The third-order valence-electron chi connectivity index (χ3n) is 5.22. The van der Waals surface area contributed by atoms with Crippen molar-refractivity contribution in [3.63, 3.8) is 0 Å². The van der Waals surface area contributed by atoms with E-state index in [4.69, 9.17) is 0 Å². The summed E-state index contributed by atoms with van der Waals surface area (Å²) in [5.41, 5.74) is 4.26. The number of nitrogens with zero attached hydrogens (tertiary/aromatic N) is 1. The molecule has 0 amide bonds. The third-order valence-corrected chi connectivity index (χ3v) is 5.22. The predicted molar refractivity (Wildman–Crippen MR) is 126 cm³/mol. The van der Waals surface area contributed by atoms with E-state index in [1.807, 2.05) is 36.5 Å². The van der Waals surface area contributed by atoms with Gasteiger partial charge in [0.15, 0.2) is 0 Å². The van der Waals surface area contributed by atoms with Crippen molar-refractivity contribution in [1.82, 2.24) is 0 Å². The molecular weight excluding hydrogens is 354 g/mol. The lowest BCUT2D eigenvalue weighted by Crippen LogP contribution is -2.17. The van der Waals surface area contributed by atoms with Crippen LogP contribution in [-0.4, -0.2) is 11.3 Å². The number of benzene rings is 3. The molecule has 0 aliphatic heterocycles. The maximum Gasteiger partial charge on any atom is 0.123 e. The molecule has 0 aliphatic carbocycles. The molecule has 0 heterocycles. The summed E-state index contributed by atoms with van der Waals surface area (Å²) in [7, 11) is 0. The van der Waals surface area contributed by atoms with E-state index in [1.165, 1.54) is 5.39 Å². The van der Waals surface area contributed by atoms with Gasteiger partial charge in [0, 0.05) is 22.9 Å². The fourth-order valence-electron chi connectivity index (χ4n) is 3.57. The van der Waals surface area contributed by atoms with Gasteiger partial charge in [-0.05, 0) is 39.3 Å². The number of rotatable bonds is 3. The topological polar surface area (TPSA) is 32.6 Å². The summed E-state index contributed by atoms with van der Waals surface area (Å²) in [6.07, 6.45) is 1.86. The normalized spacial score (nSPS) is 12.6. The van der Waals surface area contributed by atoms with Crippen molar-refractivity contribution in [3.8, 4) is 5.75 Å². The van der Waals surface area contributed by atoms with Crippen LogP contribution in [0, 0.1) is 0 Å². The Morgan fingerprint density at radius 3 is 2.00 bits per heavy atom. The molecule has 150 valence electrons. The molecule has 1 N–H and O–H groups in total. The predicted octanol–water partition coefficient (Wildman–Crippen LogP) is 7.23. The summed E-state index contributed by atoms with van der Waals surface area (Å²) >= 11 is 0. The second kappa shape index (κ2) is 7.51. The fourth-order valence-corrected chi connectivity index (χ4v) is 3.57. The van der Waals surface area contributed by atoms with E-state index in [0.29, 0.717) is 5.75 Å². The number of phenols is 1. The molecule has 0 atom stereocenters. The number of aromatic hydroxyl groups is 1. The largest absolute Gasteiger partial charge is 0.507 e. The van der Waals surface area contributed by atoms with Gasteiger partial charge in [0.2, 0.25) is 0 Å². The van der Waals surface area contributed by atoms with Crippen LogP contribution in [0.5, 0.6) is 5.75 Å². The summed E-state index contributed by atoms with van der Waals surface area (Å²) < 4.78 is 0. The Morgan fingerprint density at radius 2 is 1.41 bits per heavy atom. The van der Waals surface area contributed by atoms with Crippen molar-refractivity contribution in [3.05, 3.63) is 83.4 Å². The molecule has 3 rings (SSSR count). The highest BCUT2D eigenvalue weighted by molar-refractivity contribution is 5.95. The molecule has 2 heteroatoms. The van der Waals surface area contributed by atoms with Gasteiger partial charge in [0.1, 0.15) is 5.75 Å². The maximum absolute atomic E-state index is 10.9. The Balaban J connectivity index is 2.05. The maximum atomic E-state index is 10.9. The first-order chi connectivity index (χ1) is 13.5. The summed E-state index contributed by atoms with van der Waals surface area (Å²) in [5, 5.41) is 13.2. The second-order valence-corrected chi connectivity index (χ2v) is 9.70. The highest BCUT2D eigenvalue weighted by Gasteiger charge is 2.26. The van der Waals surface area contributed by atoms with Crippen molar-refractivity contribution in [1.29, 1.82) is 0 Å². The molecule has 0 fully saturated rings. The Hall–Kier alpha value is -2.87. The number of aliphatic imine (C=N–C) groups is 1. The summed E-state index contributed by atoms with van der Waals surface area (Å²) in [4.78, 5) is 4.69. The summed E-state index contributed by atoms with van der Waals surface area (Å²) in [5.74, 6) is 0.384. The first kappa shape index (κ1) is 20.9. The highest BCUT2D eigenvalue weighted by Crippen LogP contribution is 2.39. The van der Waals surface area contributed by atoms with E-state index in [-0.39, 0.29) is 10.8 Å². The Morgan fingerprint density at radius 1 is 0.862 bits per heavy atom. The van der Waals surface area contributed by atoms with Gasteiger partial charge in [-0.3, -0.25) is 4.99 Å².